The van der Waals surface area contributed by atoms with Gasteiger partial charge in [-0.3, -0.25) is 0 Å². The summed E-state index contributed by atoms with van der Waals surface area (Å²) in [5.74, 6) is 0.733. The van der Waals surface area contributed by atoms with Crippen LogP contribution in [-0.4, -0.2) is 22.6 Å². The van der Waals surface area contributed by atoms with E-state index < -0.39 is 15.6 Å². The lowest BCUT2D eigenvalue weighted by Crippen LogP contribution is -2.41. The maximum atomic E-state index is 12.8. The summed E-state index contributed by atoms with van der Waals surface area (Å²) >= 11 is 5.89. The van der Waals surface area contributed by atoms with Crippen LogP contribution >= 0.6 is 11.6 Å². The van der Waals surface area contributed by atoms with Crippen molar-refractivity contribution in [3.8, 4) is 11.5 Å². The predicted molar refractivity (Wildman–Crippen MR) is 94.3 cm³/mol. The second-order valence-electron chi connectivity index (χ2n) is 5.75. The fourth-order valence-corrected chi connectivity index (χ4v) is 3.99. The summed E-state index contributed by atoms with van der Waals surface area (Å²) in [7, 11) is -0.888. The summed E-state index contributed by atoms with van der Waals surface area (Å²) in [6, 6.07) is 11.6. The van der Waals surface area contributed by atoms with E-state index in [0.717, 1.165) is 5.56 Å². The van der Waals surface area contributed by atoms with Crippen LogP contribution in [0.2, 0.25) is 5.02 Å². The average Bonchev–Trinajstić information content (AvgIpc) is 2.53. The number of rotatable bonds is 6. The van der Waals surface area contributed by atoms with Crippen LogP contribution in [0.5, 0.6) is 11.5 Å². The number of hydrogen-bond donors (Lipinski definition) is 1. The molecule has 0 heterocycles. The molecule has 5 nitrogen and oxygen atoms in total. The Balaban J connectivity index is 2.39. The maximum absolute atomic E-state index is 12.8. The lowest BCUT2D eigenvalue weighted by Gasteiger charge is -2.27. The van der Waals surface area contributed by atoms with Gasteiger partial charge in [0, 0.05) is 11.1 Å². The second-order valence-corrected chi connectivity index (χ2v) is 7.84. The van der Waals surface area contributed by atoms with Gasteiger partial charge in [0.05, 0.1) is 19.8 Å². The van der Waals surface area contributed by atoms with Crippen molar-refractivity contribution >= 4 is 21.6 Å². The number of sulfonamides is 1. The van der Waals surface area contributed by atoms with E-state index in [1.807, 2.05) is 0 Å². The Hall–Kier alpha value is -1.76. The van der Waals surface area contributed by atoms with Crippen molar-refractivity contribution in [3.63, 3.8) is 0 Å². The van der Waals surface area contributed by atoms with Gasteiger partial charge < -0.3 is 9.47 Å². The third kappa shape index (κ3) is 4.01. The molecule has 0 saturated carbocycles. The average molecular weight is 370 g/mol. The van der Waals surface area contributed by atoms with Crippen LogP contribution < -0.4 is 14.2 Å². The van der Waals surface area contributed by atoms with E-state index in [1.165, 1.54) is 26.4 Å². The topological polar surface area (TPSA) is 64.6 Å². The molecule has 0 amide bonds. The van der Waals surface area contributed by atoms with Crippen LogP contribution in [0.4, 0.5) is 0 Å². The molecule has 0 aliphatic carbocycles. The van der Waals surface area contributed by atoms with Crippen LogP contribution in [0, 0.1) is 0 Å². The van der Waals surface area contributed by atoms with Crippen molar-refractivity contribution in [2.75, 3.05) is 14.2 Å². The highest BCUT2D eigenvalue weighted by Crippen LogP contribution is 2.31. The van der Waals surface area contributed by atoms with Crippen molar-refractivity contribution in [1.29, 1.82) is 0 Å². The maximum Gasteiger partial charge on any atom is 0.245 e. The highest BCUT2D eigenvalue weighted by atomic mass is 35.5. The summed E-state index contributed by atoms with van der Waals surface area (Å²) in [6.07, 6.45) is 0. The summed E-state index contributed by atoms with van der Waals surface area (Å²) in [5, 5.41) is 0.592. The Kier molecular flexibility index (Phi) is 5.42. The molecule has 0 aliphatic heterocycles. The molecule has 0 spiro atoms. The van der Waals surface area contributed by atoms with E-state index in [1.54, 1.807) is 44.2 Å². The molecule has 7 heteroatoms. The zero-order valence-electron chi connectivity index (χ0n) is 14.0. The summed E-state index contributed by atoms with van der Waals surface area (Å²) in [4.78, 5) is 0.0489. The van der Waals surface area contributed by atoms with E-state index >= 15 is 0 Å². The Bertz CT molecular complexity index is 817. The molecule has 0 radical (unpaired) electrons. The summed E-state index contributed by atoms with van der Waals surface area (Å²) in [6.45, 7) is 3.56. The minimum atomic E-state index is -3.81. The Morgan fingerprint density at radius 3 is 2.17 bits per heavy atom. The van der Waals surface area contributed by atoms with Gasteiger partial charge in [-0.2, -0.15) is 0 Å². The van der Waals surface area contributed by atoms with Crippen LogP contribution in [0.1, 0.15) is 19.4 Å². The van der Waals surface area contributed by atoms with E-state index in [0.29, 0.717) is 10.8 Å². The molecule has 130 valence electrons. The molecule has 0 aliphatic rings. The van der Waals surface area contributed by atoms with Gasteiger partial charge in [-0.1, -0.05) is 23.7 Å². The molecule has 0 bridgehead atoms. The molecule has 2 aromatic carbocycles. The zero-order chi connectivity index (χ0) is 18.0. The van der Waals surface area contributed by atoms with Crippen molar-refractivity contribution in [2.45, 2.75) is 24.3 Å². The van der Waals surface area contributed by atoms with E-state index in [9.17, 15) is 8.42 Å². The Labute approximate surface area is 147 Å². The lowest BCUT2D eigenvalue weighted by molar-refractivity contribution is 0.385. The largest absolute Gasteiger partial charge is 0.497 e. The van der Waals surface area contributed by atoms with Crippen LogP contribution in [0.3, 0.4) is 0 Å². The van der Waals surface area contributed by atoms with Crippen LogP contribution in [0.25, 0.3) is 0 Å². The van der Waals surface area contributed by atoms with Gasteiger partial charge in [0.2, 0.25) is 10.0 Å². The van der Waals surface area contributed by atoms with Gasteiger partial charge in [0.25, 0.3) is 0 Å². The molecule has 2 aromatic rings. The lowest BCUT2D eigenvalue weighted by atomic mass is 9.96. The monoisotopic (exact) mass is 369 g/mol. The number of halogens is 1. The standard InChI is InChI=1S/C17H20ClNO4S/c1-17(2,12-5-7-13(18)8-6-12)19-24(20,21)16-10-9-14(22-3)11-15(16)23-4/h5-11,19H,1-4H3. The first-order valence-electron chi connectivity index (χ1n) is 7.21. The van der Waals surface area contributed by atoms with Crippen molar-refractivity contribution < 1.29 is 17.9 Å². The van der Waals surface area contributed by atoms with Gasteiger partial charge in [-0.15, -0.1) is 0 Å². The molecular weight excluding hydrogens is 350 g/mol. The molecule has 0 atom stereocenters. The minimum Gasteiger partial charge on any atom is -0.497 e. The summed E-state index contributed by atoms with van der Waals surface area (Å²) in [5.41, 5.74) is -0.0306. The van der Waals surface area contributed by atoms with Gasteiger partial charge >= 0.3 is 0 Å². The van der Waals surface area contributed by atoms with Gasteiger partial charge in [0.15, 0.2) is 0 Å². The number of ether oxygens (including phenoxy) is 2. The van der Waals surface area contributed by atoms with Crippen molar-refractivity contribution in [3.05, 3.63) is 53.1 Å². The van der Waals surface area contributed by atoms with Crippen LogP contribution in [0.15, 0.2) is 47.4 Å². The van der Waals surface area contributed by atoms with E-state index in [4.69, 9.17) is 21.1 Å². The smallest absolute Gasteiger partial charge is 0.245 e. The quantitative estimate of drug-likeness (QED) is 0.845. The first kappa shape index (κ1) is 18.6. The molecule has 0 fully saturated rings. The molecule has 24 heavy (non-hydrogen) atoms. The van der Waals surface area contributed by atoms with Gasteiger partial charge in [-0.05, 0) is 43.7 Å². The molecule has 0 unspecified atom stereocenters. The third-order valence-electron chi connectivity index (χ3n) is 3.62. The fraction of sp³-hybridized carbons (Fsp3) is 0.294. The summed E-state index contributed by atoms with van der Waals surface area (Å²) < 4.78 is 38.6. The zero-order valence-corrected chi connectivity index (χ0v) is 15.5. The van der Waals surface area contributed by atoms with E-state index in [2.05, 4.69) is 4.72 Å². The highest BCUT2D eigenvalue weighted by molar-refractivity contribution is 7.89. The Morgan fingerprint density at radius 2 is 1.62 bits per heavy atom. The van der Waals surface area contributed by atoms with Crippen molar-refractivity contribution in [2.24, 2.45) is 0 Å². The predicted octanol–water partition coefficient (Wildman–Crippen LogP) is 3.57. The number of nitrogens with one attached hydrogen (secondary N) is 1. The van der Waals surface area contributed by atoms with Crippen molar-refractivity contribution in [1.82, 2.24) is 4.72 Å². The fourth-order valence-electron chi connectivity index (χ4n) is 2.31. The highest BCUT2D eigenvalue weighted by Gasteiger charge is 2.30. The second kappa shape index (κ2) is 7.01. The van der Waals surface area contributed by atoms with E-state index in [-0.39, 0.29) is 10.6 Å². The molecule has 2 rings (SSSR count). The van der Waals surface area contributed by atoms with Gasteiger partial charge in [0.1, 0.15) is 16.4 Å². The third-order valence-corrected chi connectivity index (χ3v) is 5.56. The van der Waals surface area contributed by atoms with Crippen LogP contribution in [-0.2, 0) is 15.6 Å². The first-order chi connectivity index (χ1) is 11.2. The molecule has 0 aromatic heterocycles. The number of methoxy groups -OCH3 is 2. The van der Waals surface area contributed by atoms with Gasteiger partial charge in [-0.25, -0.2) is 13.1 Å². The SMILES string of the molecule is COc1ccc(S(=O)(=O)NC(C)(C)c2ccc(Cl)cc2)c(OC)c1. The normalized spacial score (nSPS) is 12.0. The minimum absolute atomic E-state index is 0.0489. The molecule has 0 saturated heterocycles. The Morgan fingerprint density at radius 1 is 1.00 bits per heavy atom. The first-order valence-corrected chi connectivity index (χ1v) is 9.08. The molecular formula is C17H20ClNO4S. The molecule has 1 N–H and O–H groups in total. The number of hydrogen-bond acceptors (Lipinski definition) is 4. The number of benzene rings is 2.